The summed E-state index contributed by atoms with van der Waals surface area (Å²) in [4.78, 5) is 41.7. The third-order valence-electron chi connectivity index (χ3n) is 7.37. The number of aromatic hydroxyl groups is 1. The van der Waals surface area contributed by atoms with Crippen molar-refractivity contribution in [1.29, 1.82) is 0 Å². The first kappa shape index (κ1) is 33.3. The Balaban J connectivity index is 1.87. The quantitative estimate of drug-likeness (QED) is 0.234. The zero-order chi connectivity index (χ0) is 31.6. The highest BCUT2D eigenvalue weighted by Gasteiger charge is 2.33. The van der Waals surface area contributed by atoms with Crippen LogP contribution in [0.5, 0.6) is 5.75 Å². The maximum Gasteiger partial charge on any atom is 0.252 e. The number of hydrogen-bond donors (Lipinski definition) is 4. The molecule has 0 unspecified atom stereocenters. The molecule has 0 heterocycles. The van der Waals surface area contributed by atoms with Crippen LogP contribution in [0.3, 0.4) is 0 Å². The molecule has 0 aliphatic rings. The molecule has 0 spiro atoms. The number of nitrogens with zero attached hydrogens (tertiary/aromatic N) is 1. The van der Waals surface area contributed by atoms with E-state index in [1.165, 1.54) is 6.07 Å². The van der Waals surface area contributed by atoms with Gasteiger partial charge in [0, 0.05) is 36.1 Å². The summed E-state index contributed by atoms with van der Waals surface area (Å²) in [7, 11) is 0. The summed E-state index contributed by atoms with van der Waals surface area (Å²) < 4.78 is 0. The number of aliphatic hydroxyl groups is 1. The fourth-order valence-electron chi connectivity index (χ4n) is 5.03. The number of benzene rings is 3. The number of phenolic OH excluding ortho intramolecular Hbond substituents is 1. The first-order chi connectivity index (χ1) is 20.4. The van der Waals surface area contributed by atoms with Gasteiger partial charge in [-0.1, -0.05) is 73.7 Å². The average molecular weight is 588 g/mol. The van der Waals surface area contributed by atoms with Gasteiger partial charge in [0.25, 0.3) is 5.91 Å². The Hall–Kier alpha value is -4.17. The number of amides is 3. The van der Waals surface area contributed by atoms with Gasteiger partial charge in [-0.25, -0.2) is 0 Å². The van der Waals surface area contributed by atoms with Crippen molar-refractivity contribution in [3.8, 4) is 5.75 Å². The SMILES string of the molecule is CCC(=O)N(CC[C@@H](O)[C@H](Cc1ccccc1)NC(=O)c1cccc(O)c1C)[C@@H](Cc1ccccc1)C(=O)NC(C)(C)C. The molecule has 0 aliphatic heterocycles. The van der Waals surface area contributed by atoms with Crippen LogP contribution in [0, 0.1) is 6.92 Å². The Morgan fingerprint density at radius 3 is 2.00 bits per heavy atom. The van der Waals surface area contributed by atoms with Crippen LogP contribution >= 0.6 is 0 Å². The van der Waals surface area contributed by atoms with Crippen LogP contribution in [0.4, 0.5) is 0 Å². The van der Waals surface area contributed by atoms with Gasteiger partial charge in [-0.15, -0.1) is 0 Å². The fraction of sp³-hybridized carbons (Fsp3) is 0.400. The Morgan fingerprint density at radius 2 is 1.44 bits per heavy atom. The highest BCUT2D eigenvalue weighted by molar-refractivity contribution is 5.96. The minimum absolute atomic E-state index is 0.0134. The Bertz CT molecular complexity index is 1350. The number of hydrogen-bond acceptors (Lipinski definition) is 5. The van der Waals surface area contributed by atoms with Gasteiger partial charge in [0.2, 0.25) is 11.8 Å². The first-order valence-electron chi connectivity index (χ1n) is 14.9. The smallest absolute Gasteiger partial charge is 0.252 e. The highest BCUT2D eigenvalue weighted by Crippen LogP contribution is 2.21. The van der Waals surface area contributed by atoms with E-state index >= 15 is 0 Å². The van der Waals surface area contributed by atoms with Crippen LogP contribution in [-0.2, 0) is 22.4 Å². The van der Waals surface area contributed by atoms with Crippen molar-refractivity contribution in [3.05, 3.63) is 101 Å². The van der Waals surface area contributed by atoms with Gasteiger partial charge in [0.05, 0.1) is 12.1 Å². The van der Waals surface area contributed by atoms with Gasteiger partial charge in [0.1, 0.15) is 11.8 Å². The van der Waals surface area contributed by atoms with Crippen molar-refractivity contribution in [1.82, 2.24) is 15.5 Å². The van der Waals surface area contributed by atoms with Crippen LogP contribution in [0.1, 0.15) is 67.6 Å². The molecule has 3 amide bonds. The van der Waals surface area contributed by atoms with Gasteiger partial charge < -0.3 is 25.7 Å². The number of phenols is 1. The summed E-state index contributed by atoms with van der Waals surface area (Å²) in [6.45, 7) is 9.22. The van der Waals surface area contributed by atoms with Crippen molar-refractivity contribution in [2.45, 2.75) is 84.0 Å². The average Bonchev–Trinajstić information content (AvgIpc) is 2.97. The minimum Gasteiger partial charge on any atom is -0.508 e. The second-order valence-corrected chi connectivity index (χ2v) is 12.0. The van der Waals surface area contributed by atoms with E-state index < -0.39 is 29.6 Å². The first-order valence-corrected chi connectivity index (χ1v) is 14.9. The summed E-state index contributed by atoms with van der Waals surface area (Å²) in [6.07, 6.45) is -0.0181. The molecule has 0 radical (unpaired) electrons. The topological polar surface area (TPSA) is 119 Å². The van der Waals surface area contributed by atoms with Gasteiger partial charge in [-0.05, 0) is 63.8 Å². The molecule has 0 aliphatic carbocycles. The standard InChI is InChI=1S/C35H45N3O5/c1-6-32(41)38(29(34(43)37-35(3,4)5)23-26-16-11-8-12-17-26)21-20-31(40)28(22-25-14-9-7-10-15-25)36-33(42)27-18-13-19-30(39)24(27)2/h7-19,28-29,31,39-40H,6,20-23H2,1-5H3,(H,36,42)(H,37,43)/t28-,29-,31+/m0/s1. The third-order valence-corrected chi connectivity index (χ3v) is 7.37. The third kappa shape index (κ3) is 9.96. The summed E-state index contributed by atoms with van der Waals surface area (Å²) in [5.74, 6) is -0.863. The summed E-state index contributed by atoms with van der Waals surface area (Å²) >= 11 is 0. The fourth-order valence-corrected chi connectivity index (χ4v) is 5.03. The molecule has 8 nitrogen and oxygen atoms in total. The van der Waals surface area contributed by atoms with Crippen molar-refractivity contribution >= 4 is 17.7 Å². The molecule has 0 saturated heterocycles. The maximum atomic E-state index is 13.6. The largest absolute Gasteiger partial charge is 0.508 e. The monoisotopic (exact) mass is 587 g/mol. The number of carbonyl (C=O) groups is 3. The predicted octanol–water partition coefficient (Wildman–Crippen LogP) is 4.56. The Labute approximate surface area is 255 Å². The molecule has 3 aromatic rings. The van der Waals surface area contributed by atoms with Crippen LogP contribution in [-0.4, -0.2) is 63.1 Å². The van der Waals surface area contributed by atoms with Gasteiger partial charge in [-0.2, -0.15) is 0 Å². The molecule has 43 heavy (non-hydrogen) atoms. The van der Waals surface area contributed by atoms with Gasteiger partial charge >= 0.3 is 0 Å². The number of carbonyl (C=O) groups excluding carboxylic acids is 3. The lowest BCUT2D eigenvalue weighted by molar-refractivity contribution is -0.141. The lowest BCUT2D eigenvalue weighted by atomic mass is 9.97. The molecule has 3 atom stereocenters. The van der Waals surface area contributed by atoms with Gasteiger partial charge in [0.15, 0.2) is 0 Å². The lowest BCUT2D eigenvalue weighted by Gasteiger charge is -2.35. The van der Waals surface area contributed by atoms with E-state index in [4.69, 9.17) is 0 Å². The normalized spacial score (nSPS) is 13.4. The highest BCUT2D eigenvalue weighted by atomic mass is 16.3. The molecule has 230 valence electrons. The molecule has 0 saturated carbocycles. The van der Waals surface area contributed by atoms with Crippen molar-refractivity contribution in [2.75, 3.05) is 6.54 Å². The second-order valence-electron chi connectivity index (χ2n) is 12.0. The molecule has 0 bridgehead atoms. The Morgan fingerprint density at radius 1 is 0.860 bits per heavy atom. The van der Waals surface area contributed by atoms with Crippen LogP contribution in [0.25, 0.3) is 0 Å². The zero-order valence-corrected chi connectivity index (χ0v) is 25.8. The minimum atomic E-state index is -1.03. The molecular weight excluding hydrogens is 542 g/mol. The summed E-state index contributed by atoms with van der Waals surface area (Å²) in [6, 6.07) is 22.3. The molecule has 3 aromatic carbocycles. The van der Waals surface area contributed by atoms with E-state index in [0.717, 1.165) is 11.1 Å². The van der Waals surface area contributed by atoms with E-state index in [-0.39, 0.29) is 37.0 Å². The number of nitrogens with one attached hydrogen (secondary N) is 2. The van der Waals surface area contributed by atoms with E-state index in [1.807, 2.05) is 81.4 Å². The molecule has 0 fully saturated rings. The number of aliphatic hydroxyl groups excluding tert-OH is 1. The zero-order valence-electron chi connectivity index (χ0n) is 25.8. The van der Waals surface area contributed by atoms with Crippen molar-refractivity contribution in [2.24, 2.45) is 0 Å². The van der Waals surface area contributed by atoms with Crippen LogP contribution in [0.15, 0.2) is 78.9 Å². The number of rotatable bonds is 13. The van der Waals surface area contributed by atoms with E-state index in [2.05, 4.69) is 10.6 Å². The second kappa shape index (κ2) is 15.3. The van der Waals surface area contributed by atoms with Crippen molar-refractivity contribution in [3.63, 3.8) is 0 Å². The molecular formula is C35H45N3O5. The van der Waals surface area contributed by atoms with Gasteiger partial charge in [-0.3, -0.25) is 14.4 Å². The lowest BCUT2D eigenvalue weighted by Crippen LogP contribution is -2.55. The summed E-state index contributed by atoms with van der Waals surface area (Å²) in [5, 5.41) is 27.6. The van der Waals surface area contributed by atoms with E-state index in [1.54, 1.807) is 30.9 Å². The van der Waals surface area contributed by atoms with Crippen LogP contribution in [0.2, 0.25) is 0 Å². The summed E-state index contributed by atoms with van der Waals surface area (Å²) in [5.41, 5.74) is 2.10. The van der Waals surface area contributed by atoms with Crippen LogP contribution < -0.4 is 10.6 Å². The van der Waals surface area contributed by atoms with E-state index in [0.29, 0.717) is 24.0 Å². The van der Waals surface area contributed by atoms with E-state index in [9.17, 15) is 24.6 Å². The molecule has 3 rings (SSSR count). The molecule has 0 aromatic heterocycles. The predicted molar refractivity (Wildman–Crippen MR) is 169 cm³/mol. The van der Waals surface area contributed by atoms with Crippen molar-refractivity contribution < 1.29 is 24.6 Å². The Kier molecular flexibility index (Phi) is 11.9. The molecule has 8 heteroatoms. The maximum absolute atomic E-state index is 13.6. The molecule has 4 N–H and O–H groups in total.